The summed E-state index contributed by atoms with van der Waals surface area (Å²) in [4.78, 5) is 4.05. The lowest BCUT2D eigenvalue weighted by atomic mass is 10.2. The van der Waals surface area contributed by atoms with Gasteiger partial charge in [-0.2, -0.15) is 5.26 Å². The molecule has 0 saturated heterocycles. The maximum absolute atomic E-state index is 8.90. The lowest BCUT2D eigenvalue weighted by Gasteiger charge is -2.05. The number of aromatic nitrogens is 1. The zero-order valence-electron chi connectivity index (χ0n) is 7.83. The van der Waals surface area contributed by atoms with Gasteiger partial charge in [0.2, 0.25) is 0 Å². The molecular weight excluding hydrogens is 276 g/mol. The lowest BCUT2D eigenvalue weighted by molar-refractivity contribution is 1.13. The Hall–Kier alpha value is -1.19. The van der Waals surface area contributed by atoms with E-state index in [2.05, 4.69) is 27.5 Å². The third kappa shape index (κ3) is 3.15. The molecule has 0 bridgehead atoms. The molecule has 0 aliphatic carbocycles. The number of nitrogen functional groups attached to an aromatic ring is 2. The Morgan fingerprint density at radius 2 is 2.33 bits per heavy atom. The van der Waals surface area contributed by atoms with Gasteiger partial charge in [0, 0.05) is 11.8 Å². The van der Waals surface area contributed by atoms with Crippen molar-refractivity contribution in [1.29, 1.82) is 5.26 Å². The minimum Gasteiger partial charge on any atom is -0.397 e. The van der Waals surface area contributed by atoms with Gasteiger partial charge in [0.15, 0.2) is 0 Å². The van der Waals surface area contributed by atoms with Crippen LogP contribution in [0.25, 0.3) is 0 Å². The third-order valence-corrected chi connectivity index (χ3v) is 3.23. The number of nitrogens with two attached hydrogens (primary N) is 2. The van der Waals surface area contributed by atoms with Crippen molar-refractivity contribution in [3.8, 4) is 6.07 Å². The van der Waals surface area contributed by atoms with Gasteiger partial charge < -0.3 is 11.5 Å². The molecule has 0 aliphatic rings. The Balaban J connectivity index is 3.05. The SMILES string of the molecule is C=C(Br)CSc1nc(N)cc(N)c1C#N. The molecule has 0 fully saturated rings. The molecule has 1 aromatic rings. The van der Waals surface area contributed by atoms with Crippen LogP contribution in [0.5, 0.6) is 0 Å². The van der Waals surface area contributed by atoms with E-state index in [0.717, 1.165) is 4.48 Å². The van der Waals surface area contributed by atoms with Gasteiger partial charge in [-0.15, -0.1) is 0 Å². The highest BCUT2D eigenvalue weighted by molar-refractivity contribution is 9.11. The lowest BCUT2D eigenvalue weighted by Crippen LogP contribution is -2.00. The van der Waals surface area contributed by atoms with Gasteiger partial charge in [0.05, 0.1) is 5.69 Å². The normalized spacial score (nSPS) is 9.60. The number of hydrogen-bond acceptors (Lipinski definition) is 5. The van der Waals surface area contributed by atoms with Gasteiger partial charge >= 0.3 is 0 Å². The predicted octanol–water partition coefficient (Wildman–Crippen LogP) is 2.12. The van der Waals surface area contributed by atoms with Crippen molar-refractivity contribution in [1.82, 2.24) is 4.98 Å². The smallest absolute Gasteiger partial charge is 0.126 e. The van der Waals surface area contributed by atoms with Crippen LogP contribution in [0.1, 0.15) is 5.56 Å². The molecule has 0 saturated carbocycles. The third-order valence-electron chi connectivity index (χ3n) is 1.51. The van der Waals surface area contributed by atoms with Crippen LogP contribution in [0.4, 0.5) is 11.5 Å². The van der Waals surface area contributed by atoms with Gasteiger partial charge in [-0.1, -0.05) is 34.3 Å². The number of hydrogen-bond donors (Lipinski definition) is 2. The Labute approximate surface area is 100 Å². The Morgan fingerprint density at radius 3 is 2.87 bits per heavy atom. The highest BCUT2D eigenvalue weighted by Crippen LogP contribution is 2.28. The fourth-order valence-corrected chi connectivity index (χ4v) is 2.04. The van der Waals surface area contributed by atoms with Gasteiger partial charge in [-0.05, 0) is 4.48 Å². The second-order valence-corrected chi connectivity index (χ2v) is 4.82. The van der Waals surface area contributed by atoms with E-state index < -0.39 is 0 Å². The van der Waals surface area contributed by atoms with E-state index >= 15 is 0 Å². The Morgan fingerprint density at radius 1 is 1.67 bits per heavy atom. The molecule has 15 heavy (non-hydrogen) atoms. The van der Waals surface area contributed by atoms with Crippen molar-refractivity contribution < 1.29 is 0 Å². The number of rotatable bonds is 3. The molecule has 4 nitrogen and oxygen atoms in total. The van der Waals surface area contributed by atoms with Gasteiger partial charge in [0.25, 0.3) is 0 Å². The van der Waals surface area contributed by atoms with E-state index in [-0.39, 0.29) is 0 Å². The number of nitrogens with zero attached hydrogens (tertiary/aromatic N) is 2. The molecule has 4 N–H and O–H groups in total. The summed E-state index contributed by atoms with van der Waals surface area (Å²) < 4.78 is 0.819. The van der Waals surface area contributed by atoms with Crippen LogP contribution >= 0.6 is 27.7 Å². The van der Waals surface area contributed by atoms with Crippen LogP contribution < -0.4 is 11.5 Å². The highest BCUT2D eigenvalue weighted by atomic mass is 79.9. The van der Waals surface area contributed by atoms with E-state index in [9.17, 15) is 0 Å². The molecule has 1 heterocycles. The number of thioether (sulfide) groups is 1. The second-order valence-electron chi connectivity index (χ2n) is 2.73. The van der Waals surface area contributed by atoms with Crippen LogP contribution in [-0.2, 0) is 0 Å². The van der Waals surface area contributed by atoms with Crippen LogP contribution in [-0.4, -0.2) is 10.7 Å². The van der Waals surface area contributed by atoms with Crippen molar-refractivity contribution in [2.24, 2.45) is 0 Å². The predicted molar refractivity (Wildman–Crippen MR) is 66.6 cm³/mol. The summed E-state index contributed by atoms with van der Waals surface area (Å²) in [5.41, 5.74) is 11.9. The van der Waals surface area contributed by atoms with Crippen molar-refractivity contribution in [3.63, 3.8) is 0 Å². The number of pyridine rings is 1. The topological polar surface area (TPSA) is 88.7 Å². The largest absolute Gasteiger partial charge is 0.397 e. The van der Waals surface area contributed by atoms with Gasteiger partial charge in [0.1, 0.15) is 22.5 Å². The fraction of sp³-hybridized carbons (Fsp3) is 0.111. The van der Waals surface area contributed by atoms with Crippen molar-refractivity contribution in [2.75, 3.05) is 17.2 Å². The van der Waals surface area contributed by atoms with E-state index in [1.54, 1.807) is 0 Å². The molecule has 0 unspecified atom stereocenters. The summed E-state index contributed by atoms with van der Waals surface area (Å²) in [6, 6.07) is 3.48. The van der Waals surface area contributed by atoms with E-state index in [1.807, 2.05) is 6.07 Å². The maximum Gasteiger partial charge on any atom is 0.126 e. The molecule has 0 aromatic carbocycles. The molecule has 6 heteroatoms. The number of anilines is 2. The molecule has 1 aromatic heterocycles. The number of nitriles is 1. The van der Waals surface area contributed by atoms with Crippen molar-refractivity contribution in [2.45, 2.75) is 5.03 Å². The van der Waals surface area contributed by atoms with Crippen molar-refractivity contribution in [3.05, 3.63) is 22.7 Å². The summed E-state index contributed by atoms with van der Waals surface area (Å²) in [5.74, 6) is 0.930. The first-order valence-electron chi connectivity index (χ1n) is 3.96. The molecule has 0 aliphatic heterocycles. The van der Waals surface area contributed by atoms with Crippen LogP contribution in [0.2, 0.25) is 0 Å². The summed E-state index contributed by atoms with van der Waals surface area (Å²) in [6.45, 7) is 3.69. The first kappa shape index (κ1) is 11.9. The minimum absolute atomic E-state index is 0.314. The molecule has 0 radical (unpaired) electrons. The molecule has 78 valence electrons. The van der Waals surface area contributed by atoms with Crippen LogP contribution in [0.15, 0.2) is 22.2 Å². The summed E-state index contributed by atoms with van der Waals surface area (Å²) >= 11 is 4.59. The van der Waals surface area contributed by atoms with Gasteiger partial charge in [-0.3, -0.25) is 0 Å². The Bertz CT molecular complexity index is 438. The summed E-state index contributed by atoms with van der Waals surface area (Å²) in [5, 5.41) is 9.43. The molecule has 0 atom stereocenters. The zero-order chi connectivity index (χ0) is 11.4. The second kappa shape index (κ2) is 5.05. The zero-order valence-corrected chi connectivity index (χ0v) is 10.2. The Kier molecular flexibility index (Phi) is 4.00. The maximum atomic E-state index is 8.90. The molecule has 1 rings (SSSR count). The van der Waals surface area contributed by atoms with Crippen LogP contribution in [0, 0.1) is 11.3 Å². The summed E-state index contributed by atoms with van der Waals surface area (Å²) in [7, 11) is 0. The monoisotopic (exact) mass is 284 g/mol. The van der Waals surface area contributed by atoms with Crippen LogP contribution in [0.3, 0.4) is 0 Å². The standard InChI is InChI=1S/C9H9BrN4S/c1-5(10)4-15-9-6(3-11)7(12)2-8(13)14-9/h2H,1,4H2,(H4,12,13,14). The average molecular weight is 285 g/mol. The highest BCUT2D eigenvalue weighted by Gasteiger charge is 2.09. The molecule has 0 spiro atoms. The quantitative estimate of drug-likeness (QED) is 0.830. The minimum atomic E-state index is 0.314. The molecular formula is C9H9BrN4S. The average Bonchev–Trinajstić information content (AvgIpc) is 2.13. The van der Waals surface area contributed by atoms with Gasteiger partial charge in [-0.25, -0.2) is 4.98 Å². The number of halogens is 1. The van der Waals surface area contributed by atoms with E-state index in [1.165, 1.54) is 17.8 Å². The summed E-state index contributed by atoms with van der Waals surface area (Å²) in [6.07, 6.45) is 0. The first-order valence-corrected chi connectivity index (χ1v) is 5.74. The van der Waals surface area contributed by atoms with E-state index in [0.29, 0.717) is 27.8 Å². The van der Waals surface area contributed by atoms with Crippen molar-refractivity contribution >= 4 is 39.2 Å². The fourth-order valence-electron chi connectivity index (χ4n) is 0.924. The van der Waals surface area contributed by atoms with E-state index in [4.69, 9.17) is 16.7 Å². The molecule has 0 amide bonds. The first-order chi connectivity index (χ1) is 7.04.